The molecular formula is C20H15ClF2N4O. The van der Waals surface area contributed by atoms with Gasteiger partial charge in [0.15, 0.2) is 0 Å². The van der Waals surface area contributed by atoms with E-state index >= 15 is 0 Å². The maximum Gasteiger partial charge on any atom is 0.281 e. The van der Waals surface area contributed by atoms with Crippen LogP contribution in [0.3, 0.4) is 0 Å². The van der Waals surface area contributed by atoms with Gasteiger partial charge in [-0.1, -0.05) is 17.5 Å². The maximum atomic E-state index is 13.2. The van der Waals surface area contributed by atoms with E-state index in [4.69, 9.17) is 16.3 Å². The highest BCUT2D eigenvalue weighted by Crippen LogP contribution is 2.28. The fraction of sp³-hybridized carbons (Fsp3) is 0.250. The molecule has 3 aromatic heterocycles. The lowest BCUT2D eigenvalue weighted by molar-refractivity contribution is 0.122. The molecule has 0 N–H and O–H groups in total. The van der Waals surface area contributed by atoms with Gasteiger partial charge in [0.25, 0.3) is 6.43 Å². The lowest BCUT2D eigenvalue weighted by atomic mass is 10.1. The van der Waals surface area contributed by atoms with E-state index in [2.05, 4.69) is 31.7 Å². The fourth-order valence-corrected chi connectivity index (χ4v) is 3.16. The van der Waals surface area contributed by atoms with Crippen molar-refractivity contribution in [2.45, 2.75) is 6.43 Å². The summed E-state index contributed by atoms with van der Waals surface area (Å²) in [5, 5.41) is 0.930. The molecule has 1 aliphatic rings. The zero-order valence-corrected chi connectivity index (χ0v) is 15.5. The quantitative estimate of drug-likeness (QED) is 0.483. The number of halogens is 3. The highest BCUT2D eigenvalue weighted by molar-refractivity contribution is 6.30. The molecule has 0 aliphatic carbocycles. The standard InChI is InChI=1S/C20H15ClF2N4O/c21-18-9-16-13(10-26-19(20(22)23)17(16)12-25-18)1-2-14-3-4-15(11-24-14)27-5-7-28-8-6-27/h3-4,9-12,20H,5-8H2. The number of aromatic nitrogens is 3. The van der Waals surface area contributed by atoms with Crippen molar-refractivity contribution in [2.24, 2.45) is 0 Å². The summed E-state index contributed by atoms with van der Waals surface area (Å²) in [7, 11) is 0. The summed E-state index contributed by atoms with van der Waals surface area (Å²) in [6.45, 7) is 3.06. The van der Waals surface area contributed by atoms with Gasteiger partial charge in [0.2, 0.25) is 0 Å². The van der Waals surface area contributed by atoms with Gasteiger partial charge >= 0.3 is 0 Å². The largest absolute Gasteiger partial charge is 0.378 e. The van der Waals surface area contributed by atoms with E-state index in [0.717, 1.165) is 18.8 Å². The number of anilines is 1. The van der Waals surface area contributed by atoms with Crippen LogP contribution < -0.4 is 4.90 Å². The molecule has 0 atom stereocenters. The van der Waals surface area contributed by atoms with E-state index in [1.54, 1.807) is 6.20 Å². The van der Waals surface area contributed by atoms with E-state index in [9.17, 15) is 8.78 Å². The monoisotopic (exact) mass is 400 g/mol. The van der Waals surface area contributed by atoms with Gasteiger partial charge in [-0.2, -0.15) is 0 Å². The van der Waals surface area contributed by atoms with Crippen molar-refractivity contribution in [2.75, 3.05) is 31.2 Å². The average molecular weight is 401 g/mol. The van der Waals surface area contributed by atoms with E-state index in [1.165, 1.54) is 18.5 Å². The van der Waals surface area contributed by atoms with Crippen molar-refractivity contribution in [3.05, 3.63) is 58.9 Å². The molecule has 1 aliphatic heterocycles. The summed E-state index contributed by atoms with van der Waals surface area (Å²) < 4.78 is 31.7. The van der Waals surface area contributed by atoms with E-state index in [-0.39, 0.29) is 16.2 Å². The molecule has 0 saturated carbocycles. The summed E-state index contributed by atoms with van der Waals surface area (Å²) in [6, 6.07) is 5.30. The van der Waals surface area contributed by atoms with Gasteiger partial charge in [-0.25, -0.2) is 18.7 Å². The lowest BCUT2D eigenvalue weighted by Gasteiger charge is -2.28. The third-order valence-electron chi connectivity index (χ3n) is 4.43. The molecule has 0 bridgehead atoms. The Kier molecular flexibility index (Phi) is 5.33. The van der Waals surface area contributed by atoms with Gasteiger partial charge in [-0.05, 0) is 24.1 Å². The smallest absolute Gasteiger partial charge is 0.281 e. The van der Waals surface area contributed by atoms with Crippen molar-refractivity contribution in [1.29, 1.82) is 0 Å². The molecule has 4 rings (SSSR count). The average Bonchev–Trinajstić information content (AvgIpc) is 2.72. The molecule has 28 heavy (non-hydrogen) atoms. The zero-order valence-electron chi connectivity index (χ0n) is 14.7. The number of nitrogens with zero attached hydrogens (tertiary/aromatic N) is 4. The van der Waals surface area contributed by atoms with Gasteiger partial charge < -0.3 is 9.64 Å². The van der Waals surface area contributed by atoms with Crippen molar-refractivity contribution in [3.8, 4) is 11.8 Å². The highest BCUT2D eigenvalue weighted by atomic mass is 35.5. The number of hydrogen-bond acceptors (Lipinski definition) is 5. The Morgan fingerprint density at radius 3 is 2.54 bits per heavy atom. The Morgan fingerprint density at radius 1 is 1.00 bits per heavy atom. The third kappa shape index (κ3) is 3.88. The Hall–Kier alpha value is -2.82. The number of ether oxygens (including phenoxy) is 1. The van der Waals surface area contributed by atoms with E-state index < -0.39 is 6.43 Å². The van der Waals surface area contributed by atoms with Crippen molar-refractivity contribution in [1.82, 2.24) is 15.0 Å². The van der Waals surface area contributed by atoms with Crippen LogP contribution in [0, 0.1) is 11.8 Å². The molecule has 0 unspecified atom stereocenters. The van der Waals surface area contributed by atoms with E-state index in [1.807, 2.05) is 12.1 Å². The second kappa shape index (κ2) is 8.05. The molecule has 4 heterocycles. The van der Waals surface area contributed by atoms with Crippen LogP contribution in [0.1, 0.15) is 23.4 Å². The molecule has 142 valence electrons. The van der Waals surface area contributed by atoms with Gasteiger partial charge in [0.05, 0.1) is 30.7 Å². The van der Waals surface area contributed by atoms with E-state index in [0.29, 0.717) is 29.9 Å². The minimum absolute atomic E-state index is 0.204. The predicted octanol–water partition coefficient (Wildman–Crippen LogP) is 3.85. The van der Waals surface area contributed by atoms with Gasteiger partial charge in [0.1, 0.15) is 16.5 Å². The first-order valence-corrected chi connectivity index (χ1v) is 9.02. The Bertz CT molecular complexity index is 1060. The Balaban J connectivity index is 1.65. The third-order valence-corrected chi connectivity index (χ3v) is 4.63. The number of alkyl halides is 2. The fourth-order valence-electron chi connectivity index (χ4n) is 3.00. The number of hydrogen-bond donors (Lipinski definition) is 0. The SMILES string of the molecule is FC(F)c1ncc(C#Cc2ccc(N3CCOCC3)cn2)c2cc(Cl)ncc12. The van der Waals surface area contributed by atoms with Crippen LogP contribution in [-0.4, -0.2) is 41.3 Å². The minimum atomic E-state index is -2.71. The van der Waals surface area contributed by atoms with Gasteiger partial charge in [-0.15, -0.1) is 0 Å². The molecule has 8 heteroatoms. The normalized spacial score (nSPS) is 14.2. The van der Waals surface area contributed by atoms with Gasteiger partial charge in [0, 0.05) is 36.3 Å². The number of fused-ring (bicyclic) bond motifs is 1. The topological polar surface area (TPSA) is 51.1 Å². The number of pyridine rings is 3. The lowest BCUT2D eigenvalue weighted by Crippen LogP contribution is -2.36. The summed E-state index contributed by atoms with van der Waals surface area (Å²) >= 11 is 5.94. The highest BCUT2D eigenvalue weighted by Gasteiger charge is 2.16. The minimum Gasteiger partial charge on any atom is -0.378 e. The summed E-state index contributed by atoms with van der Waals surface area (Å²) in [5.41, 5.74) is 1.74. The number of morpholine rings is 1. The van der Waals surface area contributed by atoms with Crippen molar-refractivity contribution >= 4 is 28.1 Å². The molecule has 1 saturated heterocycles. The van der Waals surface area contributed by atoms with Crippen LogP contribution in [-0.2, 0) is 4.74 Å². The second-order valence-electron chi connectivity index (χ2n) is 6.16. The van der Waals surface area contributed by atoms with Crippen LogP contribution in [0.15, 0.2) is 36.8 Å². The van der Waals surface area contributed by atoms with Crippen LogP contribution in [0.4, 0.5) is 14.5 Å². The first-order valence-electron chi connectivity index (χ1n) is 8.65. The Labute approximate surface area is 165 Å². The first kappa shape index (κ1) is 18.5. The van der Waals surface area contributed by atoms with Crippen molar-refractivity contribution in [3.63, 3.8) is 0 Å². The molecule has 5 nitrogen and oxygen atoms in total. The second-order valence-corrected chi connectivity index (χ2v) is 6.55. The van der Waals surface area contributed by atoms with Gasteiger partial charge in [-0.3, -0.25) is 4.98 Å². The van der Waals surface area contributed by atoms with Crippen LogP contribution in [0.25, 0.3) is 10.8 Å². The van der Waals surface area contributed by atoms with Crippen LogP contribution in [0.2, 0.25) is 5.15 Å². The molecular weight excluding hydrogens is 386 g/mol. The van der Waals surface area contributed by atoms with Crippen LogP contribution >= 0.6 is 11.6 Å². The summed E-state index contributed by atoms with van der Waals surface area (Å²) in [6.07, 6.45) is 1.69. The number of rotatable bonds is 2. The summed E-state index contributed by atoms with van der Waals surface area (Å²) in [4.78, 5) is 14.3. The molecule has 0 radical (unpaired) electrons. The molecule has 0 aromatic carbocycles. The molecule has 3 aromatic rings. The predicted molar refractivity (Wildman–Crippen MR) is 103 cm³/mol. The molecule has 1 fully saturated rings. The molecule has 0 amide bonds. The zero-order chi connectivity index (χ0) is 19.5. The maximum absolute atomic E-state index is 13.2. The first-order chi connectivity index (χ1) is 13.6. The molecule has 0 spiro atoms. The van der Waals surface area contributed by atoms with Crippen molar-refractivity contribution < 1.29 is 13.5 Å². The Morgan fingerprint density at radius 2 is 1.82 bits per heavy atom. The summed E-state index contributed by atoms with van der Waals surface area (Å²) in [5.74, 6) is 5.91. The van der Waals surface area contributed by atoms with Crippen LogP contribution in [0.5, 0.6) is 0 Å².